The van der Waals surface area contributed by atoms with E-state index in [9.17, 15) is 4.79 Å². The molecule has 21 heavy (non-hydrogen) atoms. The lowest BCUT2D eigenvalue weighted by Gasteiger charge is -2.14. The van der Waals surface area contributed by atoms with Crippen LogP contribution >= 0.6 is 0 Å². The smallest absolute Gasteiger partial charge is 0.328 e. The van der Waals surface area contributed by atoms with Gasteiger partial charge in [-0.25, -0.2) is 4.79 Å². The molecule has 0 aliphatic rings. The van der Waals surface area contributed by atoms with E-state index in [1.807, 2.05) is 13.8 Å². The standard InChI is InChI=1S/C16H19NO4/c1-3-9-20-14-7-5-12(6-8-16(18)19)15(10-14)21-13(4-2)11-17/h5-8,10,13H,3-4,9H2,1-2H3,(H,18,19). The van der Waals surface area contributed by atoms with E-state index in [2.05, 4.69) is 6.07 Å². The molecule has 5 heteroatoms. The van der Waals surface area contributed by atoms with Crippen molar-refractivity contribution in [3.63, 3.8) is 0 Å². The normalized spacial score (nSPS) is 11.9. The molecule has 1 unspecified atom stereocenters. The molecule has 0 saturated carbocycles. The zero-order valence-electron chi connectivity index (χ0n) is 12.2. The van der Waals surface area contributed by atoms with Gasteiger partial charge in [-0.2, -0.15) is 5.26 Å². The van der Waals surface area contributed by atoms with Gasteiger partial charge in [-0.05, 0) is 31.1 Å². The van der Waals surface area contributed by atoms with Gasteiger partial charge in [-0.1, -0.05) is 13.8 Å². The Balaban J connectivity index is 3.05. The molecule has 0 spiro atoms. The van der Waals surface area contributed by atoms with E-state index in [1.165, 1.54) is 6.08 Å². The van der Waals surface area contributed by atoms with E-state index in [0.717, 1.165) is 12.5 Å². The predicted octanol–water partition coefficient (Wildman–Crippen LogP) is 3.25. The minimum Gasteiger partial charge on any atom is -0.493 e. The molecule has 1 aromatic carbocycles. The number of nitrogens with zero attached hydrogens (tertiary/aromatic N) is 1. The van der Waals surface area contributed by atoms with Crippen molar-refractivity contribution >= 4 is 12.0 Å². The lowest BCUT2D eigenvalue weighted by Crippen LogP contribution is -2.13. The summed E-state index contributed by atoms with van der Waals surface area (Å²) in [6.07, 6.45) is 3.31. The van der Waals surface area contributed by atoms with E-state index in [-0.39, 0.29) is 0 Å². The fraction of sp³-hybridized carbons (Fsp3) is 0.375. The second kappa shape index (κ2) is 8.64. The second-order valence-electron chi connectivity index (χ2n) is 4.36. The second-order valence-corrected chi connectivity index (χ2v) is 4.36. The quantitative estimate of drug-likeness (QED) is 0.743. The number of benzene rings is 1. The molecule has 1 aromatic rings. The maximum absolute atomic E-state index is 10.6. The molecule has 0 heterocycles. The number of carboxylic acid groups (broad SMARTS) is 1. The summed E-state index contributed by atoms with van der Waals surface area (Å²) in [5.74, 6) is 0.0289. The first-order valence-corrected chi connectivity index (χ1v) is 6.84. The Bertz CT molecular complexity index is 546. The van der Waals surface area contributed by atoms with Gasteiger partial charge in [0, 0.05) is 17.7 Å². The molecule has 1 rings (SSSR count). The highest BCUT2D eigenvalue weighted by Crippen LogP contribution is 2.27. The number of rotatable bonds is 8. The summed E-state index contributed by atoms with van der Waals surface area (Å²) in [6.45, 7) is 4.43. The monoisotopic (exact) mass is 289 g/mol. The number of carbonyl (C=O) groups is 1. The zero-order chi connectivity index (χ0) is 15.7. The Morgan fingerprint density at radius 1 is 1.48 bits per heavy atom. The Morgan fingerprint density at radius 3 is 2.81 bits per heavy atom. The summed E-state index contributed by atoms with van der Waals surface area (Å²) < 4.78 is 11.1. The molecule has 0 bridgehead atoms. The molecule has 0 saturated heterocycles. The number of hydrogen-bond acceptors (Lipinski definition) is 4. The van der Waals surface area contributed by atoms with Gasteiger partial charge in [0.2, 0.25) is 0 Å². The maximum Gasteiger partial charge on any atom is 0.328 e. The van der Waals surface area contributed by atoms with Gasteiger partial charge in [0.15, 0.2) is 6.10 Å². The Kier molecular flexibility index (Phi) is 6.82. The van der Waals surface area contributed by atoms with Crippen LogP contribution in [0.5, 0.6) is 11.5 Å². The van der Waals surface area contributed by atoms with Crippen LogP contribution in [0.4, 0.5) is 0 Å². The molecular weight excluding hydrogens is 270 g/mol. The molecule has 112 valence electrons. The minimum absolute atomic E-state index is 0.439. The average Bonchev–Trinajstić information content (AvgIpc) is 2.49. The summed E-state index contributed by atoms with van der Waals surface area (Å²) >= 11 is 0. The van der Waals surface area contributed by atoms with Crippen molar-refractivity contribution < 1.29 is 19.4 Å². The molecule has 1 atom stereocenters. The van der Waals surface area contributed by atoms with E-state index in [0.29, 0.717) is 30.1 Å². The number of hydrogen-bond donors (Lipinski definition) is 1. The van der Waals surface area contributed by atoms with Gasteiger partial charge in [-0.15, -0.1) is 0 Å². The van der Waals surface area contributed by atoms with Crippen LogP contribution < -0.4 is 9.47 Å². The first-order valence-electron chi connectivity index (χ1n) is 6.84. The van der Waals surface area contributed by atoms with Crippen LogP contribution in [0.2, 0.25) is 0 Å². The molecule has 0 radical (unpaired) electrons. The summed E-state index contributed by atoms with van der Waals surface area (Å²) in [6, 6.07) is 7.19. The number of ether oxygens (including phenoxy) is 2. The van der Waals surface area contributed by atoms with Crippen LogP contribution in [0.15, 0.2) is 24.3 Å². The summed E-state index contributed by atoms with van der Waals surface area (Å²) in [4.78, 5) is 10.6. The van der Waals surface area contributed by atoms with Crippen LogP contribution in [0, 0.1) is 11.3 Å². The summed E-state index contributed by atoms with van der Waals surface area (Å²) in [5.41, 5.74) is 0.593. The Labute approximate surface area is 124 Å². The number of carboxylic acids is 1. The number of nitriles is 1. The Morgan fingerprint density at radius 2 is 2.24 bits per heavy atom. The fourth-order valence-electron chi connectivity index (χ4n) is 1.58. The summed E-state index contributed by atoms with van der Waals surface area (Å²) in [5, 5.41) is 17.7. The van der Waals surface area contributed by atoms with Crippen LogP contribution in [-0.2, 0) is 4.79 Å². The molecule has 5 nitrogen and oxygen atoms in total. The zero-order valence-corrected chi connectivity index (χ0v) is 12.2. The third kappa shape index (κ3) is 5.57. The molecule has 0 aliphatic carbocycles. The van der Waals surface area contributed by atoms with Crippen LogP contribution in [0.3, 0.4) is 0 Å². The lowest BCUT2D eigenvalue weighted by molar-refractivity contribution is -0.131. The van der Waals surface area contributed by atoms with Crippen molar-refractivity contribution in [2.24, 2.45) is 0 Å². The van der Waals surface area contributed by atoms with Crippen LogP contribution in [0.1, 0.15) is 32.3 Å². The van der Waals surface area contributed by atoms with Crippen molar-refractivity contribution in [1.29, 1.82) is 5.26 Å². The highest BCUT2D eigenvalue weighted by molar-refractivity contribution is 5.86. The average molecular weight is 289 g/mol. The van der Waals surface area contributed by atoms with Crippen molar-refractivity contribution in [3.05, 3.63) is 29.8 Å². The van der Waals surface area contributed by atoms with Gasteiger partial charge >= 0.3 is 5.97 Å². The van der Waals surface area contributed by atoms with E-state index in [4.69, 9.17) is 19.8 Å². The first kappa shape index (κ1) is 16.6. The largest absolute Gasteiger partial charge is 0.493 e. The van der Waals surface area contributed by atoms with Crippen molar-refractivity contribution in [3.8, 4) is 17.6 Å². The van der Waals surface area contributed by atoms with Crippen molar-refractivity contribution in [2.75, 3.05) is 6.61 Å². The lowest BCUT2D eigenvalue weighted by atomic mass is 10.1. The molecule has 0 amide bonds. The Hall–Kier alpha value is -2.48. The third-order valence-electron chi connectivity index (χ3n) is 2.65. The van der Waals surface area contributed by atoms with E-state index >= 15 is 0 Å². The molecule has 0 aliphatic heterocycles. The van der Waals surface area contributed by atoms with E-state index in [1.54, 1.807) is 18.2 Å². The third-order valence-corrected chi connectivity index (χ3v) is 2.65. The molecule has 0 fully saturated rings. The van der Waals surface area contributed by atoms with Crippen LogP contribution in [-0.4, -0.2) is 23.8 Å². The topological polar surface area (TPSA) is 79.6 Å². The van der Waals surface area contributed by atoms with Crippen molar-refractivity contribution in [1.82, 2.24) is 0 Å². The fourth-order valence-corrected chi connectivity index (χ4v) is 1.58. The highest BCUT2D eigenvalue weighted by Gasteiger charge is 2.11. The van der Waals surface area contributed by atoms with Crippen LogP contribution in [0.25, 0.3) is 6.08 Å². The highest BCUT2D eigenvalue weighted by atomic mass is 16.5. The van der Waals surface area contributed by atoms with Gasteiger partial charge < -0.3 is 14.6 Å². The molecule has 1 N–H and O–H groups in total. The SMILES string of the molecule is CCCOc1ccc(C=CC(=O)O)c(OC(C#N)CC)c1. The predicted molar refractivity (Wildman–Crippen MR) is 79.2 cm³/mol. The van der Waals surface area contributed by atoms with Crippen molar-refractivity contribution in [2.45, 2.75) is 32.8 Å². The first-order chi connectivity index (χ1) is 10.1. The maximum atomic E-state index is 10.6. The van der Waals surface area contributed by atoms with Gasteiger partial charge in [0.05, 0.1) is 6.61 Å². The van der Waals surface area contributed by atoms with E-state index < -0.39 is 12.1 Å². The molecular formula is C16H19NO4. The molecule has 0 aromatic heterocycles. The summed E-state index contributed by atoms with van der Waals surface area (Å²) in [7, 11) is 0. The van der Waals surface area contributed by atoms with Gasteiger partial charge in [0.1, 0.15) is 17.6 Å². The minimum atomic E-state index is -1.04. The number of aliphatic carboxylic acids is 1. The van der Waals surface area contributed by atoms with Gasteiger partial charge in [-0.3, -0.25) is 0 Å². The van der Waals surface area contributed by atoms with Gasteiger partial charge in [0.25, 0.3) is 0 Å².